The zero-order valence-electron chi connectivity index (χ0n) is 3.88. The Balaban J connectivity index is 2.57. The van der Waals surface area contributed by atoms with E-state index in [2.05, 4.69) is 15.4 Å². The van der Waals surface area contributed by atoms with Gasteiger partial charge >= 0.3 is 0 Å². The highest BCUT2D eigenvalue weighted by molar-refractivity contribution is 5.89. The van der Waals surface area contributed by atoms with Crippen molar-refractivity contribution < 1.29 is 14.7 Å². The van der Waals surface area contributed by atoms with E-state index in [-0.39, 0.29) is 5.76 Å². The minimum absolute atomic E-state index is 0.0231. The second-order valence-electron chi connectivity index (χ2n) is 1.16. The first-order valence-electron chi connectivity index (χ1n) is 1.90. The number of hydrogen-bond donors (Lipinski definition) is 2. The summed E-state index contributed by atoms with van der Waals surface area (Å²) in [5.41, 5.74) is 6.91. The van der Waals surface area contributed by atoms with Crippen LogP contribution in [0.15, 0.2) is 12.0 Å². The van der Waals surface area contributed by atoms with Crippen LogP contribution in [-0.4, -0.2) is 5.91 Å². The molecule has 44 valence electrons. The maximum absolute atomic E-state index is 10.1. The molecule has 0 unspecified atom stereocenters. The van der Waals surface area contributed by atoms with Crippen molar-refractivity contribution in [3.05, 3.63) is 12.0 Å². The maximum Gasteiger partial charge on any atom is 0.289 e. The van der Waals surface area contributed by atoms with Crippen molar-refractivity contribution in [1.82, 2.24) is 5.48 Å². The van der Waals surface area contributed by atoms with Gasteiger partial charge in [0.1, 0.15) is 0 Å². The van der Waals surface area contributed by atoms with Crippen molar-refractivity contribution in [3.8, 4) is 0 Å². The highest BCUT2D eigenvalue weighted by atomic mass is 17.3. The lowest BCUT2D eigenvalue weighted by Gasteiger charge is -1.89. The highest BCUT2D eigenvalue weighted by Crippen LogP contribution is 1.99. The second kappa shape index (κ2) is 1.71. The lowest BCUT2D eigenvalue weighted by Crippen LogP contribution is -2.13. The van der Waals surface area contributed by atoms with E-state index in [1.807, 2.05) is 0 Å². The van der Waals surface area contributed by atoms with Crippen LogP contribution in [0.5, 0.6) is 0 Å². The molecule has 0 bridgehead atoms. The molecule has 0 aliphatic carbocycles. The standard InChI is InChI=1S/C3H4N2O3/c4-3(6)2-1-5-8-7-2/h1,5H,(H2,4,6). The molecule has 3 N–H and O–H groups in total. The third-order valence-corrected chi connectivity index (χ3v) is 0.612. The molecular weight excluding hydrogens is 112 g/mol. The first-order chi connectivity index (χ1) is 3.80. The molecule has 0 atom stereocenters. The molecule has 0 aromatic carbocycles. The number of primary amides is 1. The van der Waals surface area contributed by atoms with E-state index >= 15 is 0 Å². The molecule has 0 saturated heterocycles. The molecule has 1 heterocycles. The van der Waals surface area contributed by atoms with Crippen LogP contribution in [0.3, 0.4) is 0 Å². The maximum atomic E-state index is 10.1. The van der Waals surface area contributed by atoms with Crippen LogP contribution in [-0.2, 0) is 14.7 Å². The van der Waals surface area contributed by atoms with Crippen LogP contribution in [0.4, 0.5) is 0 Å². The number of carbonyl (C=O) groups excluding carboxylic acids is 1. The van der Waals surface area contributed by atoms with E-state index in [4.69, 9.17) is 5.73 Å². The summed E-state index contributed by atoms with van der Waals surface area (Å²) in [7, 11) is 0. The van der Waals surface area contributed by atoms with Crippen molar-refractivity contribution in [2.75, 3.05) is 0 Å². The van der Waals surface area contributed by atoms with Crippen LogP contribution in [0.1, 0.15) is 0 Å². The van der Waals surface area contributed by atoms with Gasteiger partial charge < -0.3 is 10.6 Å². The van der Waals surface area contributed by atoms with E-state index < -0.39 is 5.91 Å². The van der Waals surface area contributed by atoms with Crippen molar-refractivity contribution >= 4 is 5.91 Å². The zero-order chi connectivity index (χ0) is 5.98. The van der Waals surface area contributed by atoms with Crippen LogP contribution in [0, 0.1) is 0 Å². The monoisotopic (exact) mass is 116 g/mol. The summed E-state index contributed by atoms with van der Waals surface area (Å²) in [6, 6.07) is 0. The quantitative estimate of drug-likeness (QED) is 0.421. The topological polar surface area (TPSA) is 73.6 Å². The summed E-state index contributed by atoms with van der Waals surface area (Å²) < 4.78 is 0. The first kappa shape index (κ1) is 4.92. The molecule has 8 heavy (non-hydrogen) atoms. The molecule has 5 nitrogen and oxygen atoms in total. The molecular formula is C3H4N2O3. The summed E-state index contributed by atoms with van der Waals surface area (Å²) in [4.78, 5) is 18.4. The van der Waals surface area contributed by atoms with Gasteiger partial charge in [0.25, 0.3) is 5.91 Å². The summed E-state index contributed by atoms with van der Waals surface area (Å²) >= 11 is 0. The van der Waals surface area contributed by atoms with Gasteiger partial charge in [0.05, 0.1) is 6.20 Å². The van der Waals surface area contributed by atoms with E-state index in [0.29, 0.717) is 0 Å². The fourth-order valence-corrected chi connectivity index (χ4v) is 0.283. The van der Waals surface area contributed by atoms with Gasteiger partial charge in [-0.05, 0) is 0 Å². The average molecular weight is 116 g/mol. The SMILES string of the molecule is NC(=O)C1=CNOO1. The minimum atomic E-state index is -0.657. The van der Waals surface area contributed by atoms with E-state index in [9.17, 15) is 4.79 Å². The fraction of sp³-hybridized carbons (Fsp3) is 0. The van der Waals surface area contributed by atoms with Gasteiger partial charge in [-0.15, -0.1) is 0 Å². The number of rotatable bonds is 1. The lowest BCUT2D eigenvalue weighted by molar-refractivity contribution is -0.273. The van der Waals surface area contributed by atoms with Crippen LogP contribution in [0.2, 0.25) is 0 Å². The second-order valence-corrected chi connectivity index (χ2v) is 1.16. The molecule has 1 aliphatic heterocycles. The molecule has 1 amide bonds. The molecule has 0 aromatic rings. The van der Waals surface area contributed by atoms with E-state index in [0.717, 1.165) is 0 Å². The van der Waals surface area contributed by atoms with Gasteiger partial charge in [0.2, 0.25) is 5.76 Å². The number of nitrogens with one attached hydrogen (secondary N) is 1. The largest absolute Gasteiger partial charge is 0.363 e. The number of amides is 1. The van der Waals surface area contributed by atoms with Gasteiger partial charge in [0, 0.05) is 0 Å². The smallest absolute Gasteiger partial charge is 0.289 e. The zero-order valence-corrected chi connectivity index (χ0v) is 3.88. The predicted molar refractivity (Wildman–Crippen MR) is 22.6 cm³/mol. The number of nitrogens with two attached hydrogens (primary N) is 1. The van der Waals surface area contributed by atoms with E-state index in [1.54, 1.807) is 0 Å². The number of carbonyl (C=O) groups is 1. The Morgan fingerprint density at radius 1 is 1.88 bits per heavy atom. The van der Waals surface area contributed by atoms with Crippen LogP contribution < -0.4 is 11.2 Å². The normalized spacial score (nSPS) is 16.2. The molecule has 0 fully saturated rings. The lowest BCUT2D eigenvalue weighted by atomic mass is 10.5. The van der Waals surface area contributed by atoms with Crippen LogP contribution in [0.25, 0.3) is 0 Å². The molecule has 1 aliphatic rings. The van der Waals surface area contributed by atoms with Gasteiger partial charge in [-0.1, -0.05) is 4.99 Å². The third kappa shape index (κ3) is 0.710. The highest BCUT2D eigenvalue weighted by Gasteiger charge is 2.11. The van der Waals surface area contributed by atoms with Crippen molar-refractivity contribution in [2.24, 2.45) is 5.73 Å². The fourth-order valence-electron chi connectivity index (χ4n) is 0.283. The van der Waals surface area contributed by atoms with Crippen molar-refractivity contribution in [1.29, 1.82) is 0 Å². The van der Waals surface area contributed by atoms with Crippen molar-refractivity contribution in [2.45, 2.75) is 0 Å². The summed E-state index contributed by atoms with van der Waals surface area (Å²) in [6.45, 7) is 0. The molecule has 1 rings (SSSR count). The Morgan fingerprint density at radius 3 is 2.88 bits per heavy atom. The Morgan fingerprint density at radius 2 is 2.62 bits per heavy atom. The number of hydrogen-bond acceptors (Lipinski definition) is 4. The van der Waals surface area contributed by atoms with Crippen molar-refractivity contribution in [3.63, 3.8) is 0 Å². The first-order valence-corrected chi connectivity index (χ1v) is 1.90. The predicted octanol–water partition coefficient (Wildman–Crippen LogP) is -1.22. The minimum Gasteiger partial charge on any atom is -0.363 e. The van der Waals surface area contributed by atoms with Gasteiger partial charge in [-0.2, -0.15) is 0 Å². The Bertz CT molecular complexity index is 141. The Labute approximate surface area is 44.9 Å². The molecule has 0 spiro atoms. The van der Waals surface area contributed by atoms with Gasteiger partial charge in [-0.3, -0.25) is 4.79 Å². The summed E-state index contributed by atoms with van der Waals surface area (Å²) in [5.74, 6) is -0.681. The van der Waals surface area contributed by atoms with Gasteiger partial charge in [0.15, 0.2) is 0 Å². The third-order valence-electron chi connectivity index (χ3n) is 0.612. The summed E-state index contributed by atoms with van der Waals surface area (Å²) in [6.07, 6.45) is 1.22. The number of hydroxylamine groups is 1. The molecule has 0 saturated carbocycles. The molecule has 0 aromatic heterocycles. The molecule has 5 heteroatoms. The van der Waals surface area contributed by atoms with Gasteiger partial charge in [-0.25, -0.2) is 5.48 Å². The Hall–Kier alpha value is -1.23. The average Bonchev–Trinajstić information content (AvgIpc) is 2.12. The summed E-state index contributed by atoms with van der Waals surface area (Å²) in [5, 5.41) is 0. The van der Waals surface area contributed by atoms with E-state index in [1.165, 1.54) is 6.20 Å². The Kier molecular flexibility index (Phi) is 1.05. The molecule has 0 radical (unpaired) electrons. The van der Waals surface area contributed by atoms with Crippen LogP contribution >= 0.6 is 0 Å².